The van der Waals surface area contributed by atoms with Crippen molar-refractivity contribution in [3.8, 4) is 0 Å². The number of aliphatic hydroxyl groups excluding tert-OH is 1. The first-order valence-electron chi connectivity index (χ1n) is 4.52. The molecular formula is C11H12N2O. The second-order valence-corrected chi connectivity index (χ2v) is 3.23. The molecule has 0 aliphatic heterocycles. The van der Waals surface area contributed by atoms with Crippen LogP contribution in [-0.2, 0) is 0 Å². The average molecular weight is 188 g/mol. The molecule has 0 amide bonds. The number of nitrogens with two attached hydrogens (primary N) is 1. The summed E-state index contributed by atoms with van der Waals surface area (Å²) in [5.74, 6) is 0. The monoisotopic (exact) mass is 188 g/mol. The van der Waals surface area contributed by atoms with Crippen LogP contribution < -0.4 is 5.73 Å². The van der Waals surface area contributed by atoms with Crippen molar-refractivity contribution in [3.05, 3.63) is 42.2 Å². The largest absolute Gasteiger partial charge is 0.394 e. The number of nitrogens with zero attached hydrogens (tertiary/aromatic N) is 1. The maximum atomic E-state index is 9.01. The molecule has 14 heavy (non-hydrogen) atoms. The number of aromatic nitrogens is 1. The maximum Gasteiger partial charge on any atom is 0.0624 e. The van der Waals surface area contributed by atoms with Crippen LogP contribution in [0, 0.1) is 0 Å². The van der Waals surface area contributed by atoms with Gasteiger partial charge in [0.25, 0.3) is 0 Å². The second kappa shape index (κ2) is 3.74. The van der Waals surface area contributed by atoms with E-state index in [-0.39, 0.29) is 12.6 Å². The topological polar surface area (TPSA) is 59.1 Å². The van der Waals surface area contributed by atoms with E-state index in [1.165, 1.54) is 0 Å². The molecule has 0 aliphatic carbocycles. The molecule has 0 bridgehead atoms. The summed E-state index contributed by atoms with van der Waals surface area (Å²) in [6.07, 6.45) is 3.53. The van der Waals surface area contributed by atoms with Crippen LogP contribution in [0.4, 0.5) is 0 Å². The molecule has 0 saturated heterocycles. The summed E-state index contributed by atoms with van der Waals surface area (Å²) in [6, 6.07) is 7.44. The van der Waals surface area contributed by atoms with Crippen LogP contribution in [0.5, 0.6) is 0 Å². The predicted molar refractivity (Wildman–Crippen MR) is 55.8 cm³/mol. The van der Waals surface area contributed by atoms with E-state index in [1.54, 1.807) is 12.4 Å². The first kappa shape index (κ1) is 9.12. The molecule has 3 nitrogen and oxygen atoms in total. The molecule has 0 saturated carbocycles. The Kier molecular flexibility index (Phi) is 2.43. The average Bonchev–Trinajstić information content (AvgIpc) is 2.27. The van der Waals surface area contributed by atoms with Crippen LogP contribution in [0.25, 0.3) is 10.8 Å². The number of rotatable bonds is 2. The van der Waals surface area contributed by atoms with Gasteiger partial charge >= 0.3 is 0 Å². The van der Waals surface area contributed by atoms with E-state index in [1.807, 2.05) is 24.3 Å². The molecule has 0 aliphatic rings. The van der Waals surface area contributed by atoms with Crippen molar-refractivity contribution in [1.29, 1.82) is 0 Å². The molecule has 0 radical (unpaired) electrons. The van der Waals surface area contributed by atoms with Crippen LogP contribution in [0.3, 0.4) is 0 Å². The van der Waals surface area contributed by atoms with Gasteiger partial charge in [-0.25, -0.2) is 0 Å². The third kappa shape index (κ3) is 1.47. The first-order valence-corrected chi connectivity index (χ1v) is 4.52. The summed E-state index contributed by atoms with van der Waals surface area (Å²) in [5, 5.41) is 11.1. The minimum atomic E-state index is -0.318. The lowest BCUT2D eigenvalue weighted by Crippen LogP contribution is -2.14. The second-order valence-electron chi connectivity index (χ2n) is 3.23. The number of fused-ring (bicyclic) bond motifs is 1. The fraction of sp³-hybridized carbons (Fsp3) is 0.182. The van der Waals surface area contributed by atoms with Crippen molar-refractivity contribution >= 4 is 10.8 Å². The highest BCUT2D eigenvalue weighted by molar-refractivity contribution is 5.85. The van der Waals surface area contributed by atoms with Crippen LogP contribution in [-0.4, -0.2) is 16.7 Å². The molecule has 1 atom stereocenters. The molecule has 1 aromatic heterocycles. The molecule has 2 aromatic rings. The van der Waals surface area contributed by atoms with Gasteiger partial charge in [0.05, 0.1) is 12.6 Å². The molecule has 0 unspecified atom stereocenters. The highest BCUT2D eigenvalue weighted by Crippen LogP contribution is 2.21. The van der Waals surface area contributed by atoms with Crippen molar-refractivity contribution in [2.24, 2.45) is 5.73 Å². The van der Waals surface area contributed by atoms with Gasteiger partial charge in [-0.15, -0.1) is 0 Å². The Morgan fingerprint density at radius 3 is 3.00 bits per heavy atom. The van der Waals surface area contributed by atoms with Crippen molar-refractivity contribution < 1.29 is 5.11 Å². The Bertz CT molecular complexity index is 437. The standard InChI is InChI=1S/C11H12N2O/c12-11(7-14)10-3-1-2-8-6-13-5-4-9(8)10/h1-6,11,14H,7,12H2/t11-/m1/s1. The Morgan fingerprint density at radius 2 is 2.21 bits per heavy atom. The summed E-state index contributed by atoms with van der Waals surface area (Å²) in [4.78, 5) is 4.04. The van der Waals surface area contributed by atoms with Gasteiger partial charge in [-0.3, -0.25) is 4.98 Å². The number of hydrogen-bond donors (Lipinski definition) is 2. The summed E-state index contributed by atoms with van der Waals surface area (Å²) in [7, 11) is 0. The molecule has 1 aromatic carbocycles. The van der Waals surface area contributed by atoms with Crippen molar-refractivity contribution in [3.63, 3.8) is 0 Å². The van der Waals surface area contributed by atoms with Crippen LogP contribution in [0.1, 0.15) is 11.6 Å². The van der Waals surface area contributed by atoms with Crippen LogP contribution in [0.15, 0.2) is 36.7 Å². The van der Waals surface area contributed by atoms with Gasteiger partial charge in [0.2, 0.25) is 0 Å². The van der Waals surface area contributed by atoms with Crippen LogP contribution in [0.2, 0.25) is 0 Å². The van der Waals surface area contributed by atoms with E-state index < -0.39 is 0 Å². The molecular weight excluding hydrogens is 176 g/mol. The van der Waals surface area contributed by atoms with Gasteiger partial charge in [0.1, 0.15) is 0 Å². The molecule has 0 spiro atoms. The molecule has 0 fully saturated rings. The van der Waals surface area contributed by atoms with E-state index >= 15 is 0 Å². The minimum absolute atomic E-state index is 0.0402. The summed E-state index contributed by atoms with van der Waals surface area (Å²) >= 11 is 0. The molecule has 1 heterocycles. The van der Waals surface area contributed by atoms with Gasteiger partial charge in [-0.2, -0.15) is 0 Å². The first-order chi connectivity index (χ1) is 6.83. The number of hydrogen-bond acceptors (Lipinski definition) is 3. The van der Waals surface area contributed by atoms with E-state index in [2.05, 4.69) is 4.98 Å². The van der Waals surface area contributed by atoms with Gasteiger partial charge in [-0.05, 0) is 17.0 Å². The minimum Gasteiger partial charge on any atom is -0.394 e. The zero-order valence-electron chi connectivity index (χ0n) is 7.72. The summed E-state index contributed by atoms with van der Waals surface area (Å²) in [6.45, 7) is -0.0402. The van der Waals surface area contributed by atoms with Gasteiger partial charge in [0.15, 0.2) is 0 Å². The maximum absolute atomic E-state index is 9.01. The number of pyridine rings is 1. The van der Waals surface area contributed by atoms with Crippen LogP contribution >= 0.6 is 0 Å². The Balaban J connectivity index is 2.65. The lowest BCUT2D eigenvalue weighted by molar-refractivity contribution is 0.268. The third-order valence-corrected chi connectivity index (χ3v) is 2.31. The predicted octanol–water partition coefficient (Wildman–Crippen LogP) is 1.23. The van der Waals surface area contributed by atoms with Gasteiger partial charge in [-0.1, -0.05) is 18.2 Å². The smallest absolute Gasteiger partial charge is 0.0624 e. The molecule has 3 N–H and O–H groups in total. The SMILES string of the molecule is N[C@H](CO)c1cccc2cnccc12. The third-order valence-electron chi connectivity index (χ3n) is 2.31. The van der Waals surface area contributed by atoms with E-state index in [0.717, 1.165) is 16.3 Å². The van der Waals surface area contributed by atoms with E-state index in [4.69, 9.17) is 10.8 Å². The number of benzene rings is 1. The van der Waals surface area contributed by atoms with Gasteiger partial charge < -0.3 is 10.8 Å². The molecule has 2 rings (SSSR count). The Labute approximate surface area is 82.2 Å². The summed E-state index contributed by atoms with van der Waals surface area (Å²) in [5.41, 5.74) is 6.76. The zero-order valence-corrected chi connectivity index (χ0v) is 7.72. The van der Waals surface area contributed by atoms with Crippen molar-refractivity contribution in [1.82, 2.24) is 4.98 Å². The fourth-order valence-electron chi connectivity index (χ4n) is 1.57. The fourth-order valence-corrected chi connectivity index (χ4v) is 1.57. The Morgan fingerprint density at radius 1 is 1.36 bits per heavy atom. The number of aliphatic hydroxyl groups is 1. The lowest BCUT2D eigenvalue weighted by Gasteiger charge is -2.11. The summed E-state index contributed by atoms with van der Waals surface area (Å²) < 4.78 is 0. The van der Waals surface area contributed by atoms with E-state index in [0.29, 0.717) is 0 Å². The molecule has 3 heteroatoms. The normalized spacial score (nSPS) is 13.0. The zero-order chi connectivity index (χ0) is 9.97. The quantitative estimate of drug-likeness (QED) is 0.745. The highest BCUT2D eigenvalue weighted by atomic mass is 16.3. The lowest BCUT2D eigenvalue weighted by atomic mass is 10.0. The molecule has 72 valence electrons. The Hall–Kier alpha value is -1.45. The van der Waals surface area contributed by atoms with E-state index in [9.17, 15) is 0 Å². The van der Waals surface area contributed by atoms with Crippen molar-refractivity contribution in [2.45, 2.75) is 6.04 Å². The highest BCUT2D eigenvalue weighted by Gasteiger charge is 2.07. The van der Waals surface area contributed by atoms with Gasteiger partial charge in [0, 0.05) is 17.8 Å². The van der Waals surface area contributed by atoms with Crippen molar-refractivity contribution in [2.75, 3.05) is 6.61 Å².